The van der Waals surface area contributed by atoms with Gasteiger partial charge in [-0.15, -0.1) is 0 Å². The van der Waals surface area contributed by atoms with Crippen LogP contribution in [0.4, 0.5) is 5.69 Å². The average molecular weight is 389 g/mol. The summed E-state index contributed by atoms with van der Waals surface area (Å²) in [6, 6.07) is 2.92. The predicted octanol–water partition coefficient (Wildman–Crippen LogP) is 2.73. The van der Waals surface area contributed by atoms with Crippen molar-refractivity contribution in [1.82, 2.24) is 0 Å². The lowest BCUT2D eigenvalue weighted by Crippen LogP contribution is -2.32. The molecule has 98 valence electrons. The van der Waals surface area contributed by atoms with Gasteiger partial charge in [-0.05, 0) is 35.0 Å². The number of aromatic carboxylic acids is 1. The number of hydrogen-bond acceptors (Lipinski definition) is 3. The lowest BCUT2D eigenvalue weighted by Gasteiger charge is -2.19. The number of carbonyl (C=O) groups excluding carboxylic acids is 2. The third-order valence-corrected chi connectivity index (χ3v) is 3.65. The molecule has 0 unspecified atom stereocenters. The Morgan fingerprint density at radius 1 is 1.26 bits per heavy atom. The summed E-state index contributed by atoms with van der Waals surface area (Å²) in [5.74, 6) is -2.29. The van der Waals surface area contributed by atoms with Gasteiger partial charge in [-0.25, -0.2) is 9.69 Å². The van der Waals surface area contributed by atoms with Crippen LogP contribution < -0.4 is 4.90 Å². The number of hydrogen-bond donors (Lipinski definition) is 1. The minimum atomic E-state index is -1.22. The highest BCUT2D eigenvalue weighted by Gasteiger charge is 2.34. The van der Waals surface area contributed by atoms with E-state index in [2.05, 4.69) is 31.9 Å². The Kier molecular flexibility index (Phi) is 3.60. The van der Waals surface area contributed by atoms with E-state index in [1.807, 2.05) is 0 Å². The van der Waals surface area contributed by atoms with Crippen LogP contribution >= 0.6 is 31.9 Å². The Labute approximate surface area is 125 Å². The van der Waals surface area contributed by atoms with Crippen LogP contribution in [0, 0.1) is 0 Å². The second-order valence-electron chi connectivity index (χ2n) is 3.90. The van der Waals surface area contributed by atoms with Crippen molar-refractivity contribution in [2.24, 2.45) is 0 Å². The molecule has 0 atom stereocenters. The molecule has 2 rings (SSSR count). The molecule has 0 spiro atoms. The highest BCUT2D eigenvalue weighted by Crippen LogP contribution is 2.36. The third kappa shape index (κ3) is 2.35. The first-order valence-electron chi connectivity index (χ1n) is 5.12. The van der Waals surface area contributed by atoms with Gasteiger partial charge in [0.25, 0.3) is 11.8 Å². The largest absolute Gasteiger partial charge is 0.478 e. The zero-order valence-electron chi connectivity index (χ0n) is 9.61. The van der Waals surface area contributed by atoms with Gasteiger partial charge in [0.15, 0.2) is 0 Å². The van der Waals surface area contributed by atoms with Crippen LogP contribution in [0.3, 0.4) is 0 Å². The zero-order valence-corrected chi connectivity index (χ0v) is 12.8. The Hall–Kier alpha value is -1.47. The highest BCUT2D eigenvalue weighted by atomic mass is 79.9. The van der Waals surface area contributed by atoms with Gasteiger partial charge >= 0.3 is 5.97 Å². The maximum atomic E-state index is 11.9. The summed E-state index contributed by atoms with van der Waals surface area (Å²) in [4.78, 5) is 35.9. The SMILES string of the molecule is CC1=CC(=O)N(c2c(Br)cc(Br)cc2C(=O)O)C1=O. The first-order chi connectivity index (χ1) is 8.82. The highest BCUT2D eigenvalue weighted by molar-refractivity contribution is 9.11. The lowest BCUT2D eigenvalue weighted by molar-refractivity contribution is -0.120. The maximum Gasteiger partial charge on any atom is 0.337 e. The third-order valence-electron chi connectivity index (χ3n) is 2.58. The molecule has 1 aromatic rings. The molecule has 0 saturated heterocycles. The summed E-state index contributed by atoms with van der Waals surface area (Å²) < 4.78 is 0.883. The second kappa shape index (κ2) is 4.90. The van der Waals surface area contributed by atoms with E-state index in [-0.39, 0.29) is 16.8 Å². The molecule has 1 aromatic carbocycles. The van der Waals surface area contributed by atoms with Gasteiger partial charge in [-0.2, -0.15) is 0 Å². The fourth-order valence-electron chi connectivity index (χ4n) is 1.76. The van der Waals surface area contributed by atoms with Crippen molar-refractivity contribution in [3.63, 3.8) is 0 Å². The number of rotatable bonds is 2. The average Bonchev–Trinajstić information content (AvgIpc) is 2.53. The number of amides is 2. The van der Waals surface area contributed by atoms with E-state index in [1.54, 1.807) is 6.07 Å². The van der Waals surface area contributed by atoms with Gasteiger partial charge < -0.3 is 5.11 Å². The number of halogens is 2. The van der Waals surface area contributed by atoms with E-state index in [0.717, 1.165) is 4.90 Å². The van der Waals surface area contributed by atoms with Gasteiger partial charge in [0.2, 0.25) is 0 Å². The summed E-state index contributed by atoms with van der Waals surface area (Å²) in [5, 5.41) is 9.21. The molecule has 1 heterocycles. The summed E-state index contributed by atoms with van der Waals surface area (Å²) in [6.45, 7) is 1.51. The molecule has 0 aromatic heterocycles. The van der Waals surface area contributed by atoms with E-state index < -0.39 is 17.8 Å². The number of carboxylic acid groups (broad SMARTS) is 1. The Morgan fingerprint density at radius 2 is 1.89 bits per heavy atom. The number of carbonyl (C=O) groups is 3. The molecule has 5 nitrogen and oxygen atoms in total. The van der Waals surface area contributed by atoms with Crippen LogP contribution in [0.5, 0.6) is 0 Å². The summed E-state index contributed by atoms with van der Waals surface area (Å²) in [6.07, 6.45) is 1.18. The van der Waals surface area contributed by atoms with Crippen molar-refractivity contribution in [2.45, 2.75) is 6.92 Å². The van der Waals surface area contributed by atoms with Crippen LogP contribution in [-0.2, 0) is 9.59 Å². The van der Waals surface area contributed by atoms with Gasteiger partial charge in [0.1, 0.15) is 0 Å². The van der Waals surface area contributed by atoms with Crippen molar-refractivity contribution < 1.29 is 19.5 Å². The number of imide groups is 1. The molecule has 7 heteroatoms. The monoisotopic (exact) mass is 387 g/mol. The van der Waals surface area contributed by atoms with Crippen LogP contribution in [-0.4, -0.2) is 22.9 Å². The van der Waals surface area contributed by atoms with Crippen LogP contribution in [0.15, 0.2) is 32.7 Å². The van der Waals surface area contributed by atoms with Gasteiger partial charge in [-0.1, -0.05) is 15.9 Å². The minimum Gasteiger partial charge on any atom is -0.478 e. The van der Waals surface area contributed by atoms with Crippen LogP contribution in [0.1, 0.15) is 17.3 Å². The van der Waals surface area contributed by atoms with Crippen molar-refractivity contribution >= 4 is 55.3 Å². The predicted molar refractivity (Wildman–Crippen MR) is 75.1 cm³/mol. The molecule has 0 radical (unpaired) electrons. The molecular weight excluding hydrogens is 382 g/mol. The summed E-state index contributed by atoms with van der Waals surface area (Å²) >= 11 is 6.36. The molecule has 0 aliphatic carbocycles. The Bertz CT molecular complexity index is 651. The Balaban J connectivity index is 2.67. The molecule has 0 saturated carbocycles. The second-order valence-corrected chi connectivity index (χ2v) is 5.67. The number of nitrogens with zero attached hydrogens (tertiary/aromatic N) is 1. The molecule has 1 aliphatic rings. The van der Waals surface area contributed by atoms with E-state index >= 15 is 0 Å². The molecular formula is C12H7Br2NO4. The van der Waals surface area contributed by atoms with Gasteiger partial charge in [-0.3, -0.25) is 9.59 Å². The number of benzene rings is 1. The van der Waals surface area contributed by atoms with Crippen LogP contribution in [0.25, 0.3) is 0 Å². The standard InChI is InChI=1S/C12H7Br2NO4/c1-5-2-9(16)15(11(5)17)10-7(12(18)19)3-6(13)4-8(10)14/h2-4H,1H3,(H,18,19). The smallest absolute Gasteiger partial charge is 0.337 e. The van der Waals surface area contributed by atoms with E-state index in [0.29, 0.717) is 8.95 Å². The topological polar surface area (TPSA) is 74.7 Å². The van der Waals surface area contributed by atoms with Crippen molar-refractivity contribution in [2.75, 3.05) is 4.90 Å². The number of carboxylic acids is 1. The quantitative estimate of drug-likeness (QED) is 0.790. The molecule has 0 bridgehead atoms. The minimum absolute atomic E-state index is 0.0406. The molecule has 19 heavy (non-hydrogen) atoms. The van der Waals surface area contributed by atoms with Crippen LogP contribution in [0.2, 0.25) is 0 Å². The summed E-state index contributed by atoms with van der Waals surface area (Å²) in [5.41, 5.74) is 0.181. The fraction of sp³-hybridized carbons (Fsp3) is 0.0833. The fourth-order valence-corrected chi connectivity index (χ4v) is 3.16. The van der Waals surface area contributed by atoms with Crippen molar-refractivity contribution in [1.29, 1.82) is 0 Å². The molecule has 0 fully saturated rings. The summed E-state index contributed by atoms with van der Waals surface area (Å²) in [7, 11) is 0. The molecule has 1 aliphatic heterocycles. The zero-order chi connectivity index (χ0) is 14.3. The van der Waals surface area contributed by atoms with E-state index in [1.165, 1.54) is 19.1 Å². The van der Waals surface area contributed by atoms with Crippen molar-refractivity contribution in [3.05, 3.63) is 38.3 Å². The first-order valence-corrected chi connectivity index (χ1v) is 6.70. The van der Waals surface area contributed by atoms with E-state index in [9.17, 15) is 19.5 Å². The van der Waals surface area contributed by atoms with E-state index in [4.69, 9.17) is 0 Å². The molecule has 2 amide bonds. The maximum absolute atomic E-state index is 11.9. The van der Waals surface area contributed by atoms with Gasteiger partial charge in [0, 0.05) is 20.6 Å². The first kappa shape index (κ1) is 14.0. The normalized spacial score (nSPS) is 14.9. The number of anilines is 1. The van der Waals surface area contributed by atoms with Gasteiger partial charge in [0.05, 0.1) is 11.3 Å². The van der Waals surface area contributed by atoms with Crippen molar-refractivity contribution in [3.8, 4) is 0 Å². The molecule has 1 N–H and O–H groups in total. The Morgan fingerprint density at radius 3 is 2.37 bits per heavy atom. The lowest BCUT2D eigenvalue weighted by atomic mass is 10.1.